The molecule has 1 rings (SSSR count). The van der Waals surface area contributed by atoms with Gasteiger partial charge in [0.25, 0.3) is 0 Å². The molecule has 1 aromatic carbocycles. The fraction of sp³-hybridized carbons (Fsp3) is 0.143. The summed E-state index contributed by atoms with van der Waals surface area (Å²) in [6.45, 7) is 0. The quantitative estimate of drug-likeness (QED) is 0.490. The predicted octanol–water partition coefficient (Wildman–Crippen LogP) is 2.91. The van der Waals surface area contributed by atoms with E-state index >= 15 is 0 Å². The first-order valence-electron chi connectivity index (χ1n) is 3.30. The Bertz CT molecular complexity index is 352. The Morgan fingerprint density at radius 2 is 1.86 bits per heavy atom. The van der Waals surface area contributed by atoms with Crippen molar-refractivity contribution in [3.05, 3.63) is 21.5 Å². The van der Waals surface area contributed by atoms with E-state index in [9.17, 15) is 17.6 Å². The van der Waals surface area contributed by atoms with Gasteiger partial charge >= 0.3 is 6.36 Å². The minimum atomic E-state index is -4.83. The zero-order valence-electron chi connectivity index (χ0n) is 6.53. The fourth-order valence-corrected chi connectivity index (χ4v) is 1.35. The lowest BCUT2D eigenvalue weighted by atomic mass is 10.3. The van der Waals surface area contributed by atoms with Crippen molar-refractivity contribution in [1.29, 1.82) is 0 Å². The molecule has 1 aromatic rings. The Hall–Kier alpha value is -0.730. The van der Waals surface area contributed by atoms with Crippen molar-refractivity contribution in [1.82, 2.24) is 0 Å². The van der Waals surface area contributed by atoms with E-state index in [2.05, 4.69) is 4.74 Å². The molecule has 0 aliphatic heterocycles. The topological polar surface area (TPSA) is 35.2 Å². The highest BCUT2D eigenvalue weighted by Gasteiger charge is 2.32. The Labute approximate surface area is 90.2 Å². The van der Waals surface area contributed by atoms with Crippen LogP contribution in [-0.4, -0.2) is 6.36 Å². The highest BCUT2D eigenvalue weighted by Crippen LogP contribution is 2.31. The Balaban J connectivity index is 3.06. The minimum Gasteiger partial charge on any atom is -0.405 e. The van der Waals surface area contributed by atoms with Crippen molar-refractivity contribution in [3.63, 3.8) is 0 Å². The SMILES string of the molecule is Nc1ccc(OC(F)(F)F)c(I)c1F. The summed E-state index contributed by atoms with van der Waals surface area (Å²) in [5.74, 6) is -1.50. The van der Waals surface area contributed by atoms with Crippen LogP contribution >= 0.6 is 22.6 Å². The van der Waals surface area contributed by atoms with Crippen LogP contribution in [0.15, 0.2) is 12.1 Å². The second kappa shape index (κ2) is 3.79. The molecule has 78 valence electrons. The molecule has 0 heterocycles. The maximum Gasteiger partial charge on any atom is 0.573 e. The van der Waals surface area contributed by atoms with Gasteiger partial charge in [0.1, 0.15) is 5.75 Å². The lowest BCUT2D eigenvalue weighted by molar-refractivity contribution is -0.275. The summed E-state index contributed by atoms with van der Waals surface area (Å²) >= 11 is 1.39. The van der Waals surface area contributed by atoms with E-state index in [1.165, 1.54) is 22.6 Å². The lowest BCUT2D eigenvalue weighted by Crippen LogP contribution is -2.18. The van der Waals surface area contributed by atoms with Crippen LogP contribution in [-0.2, 0) is 0 Å². The molecular formula is C7H4F4INO. The normalized spacial score (nSPS) is 11.5. The summed E-state index contributed by atoms with van der Waals surface area (Å²) in [5.41, 5.74) is 4.92. The second-order valence-electron chi connectivity index (χ2n) is 2.33. The molecule has 2 N–H and O–H groups in total. The van der Waals surface area contributed by atoms with Crippen LogP contribution in [0.2, 0.25) is 0 Å². The van der Waals surface area contributed by atoms with E-state index in [0.29, 0.717) is 0 Å². The maximum absolute atomic E-state index is 13.0. The maximum atomic E-state index is 13.0. The van der Waals surface area contributed by atoms with Crippen LogP contribution in [0, 0.1) is 9.39 Å². The largest absolute Gasteiger partial charge is 0.573 e. The summed E-state index contributed by atoms with van der Waals surface area (Å²) in [6.07, 6.45) is -4.83. The molecule has 0 radical (unpaired) electrons. The van der Waals surface area contributed by atoms with E-state index in [0.717, 1.165) is 12.1 Å². The monoisotopic (exact) mass is 321 g/mol. The summed E-state index contributed by atoms with van der Waals surface area (Å²) < 4.78 is 51.6. The second-order valence-corrected chi connectivity index (χ2v) is 3.41. The molecule has 14 heavy (non-hydrogen) atoms. The first-order valence-corrected chi connectivity index (χ1v) is 4.38. The number of nitrogen functional groups attached to an aromatic ring is 1. The van der Waals surface area contributed by atoms with Gasteiger partial charge in [0, 0.05) is 0 Å². The highest BCUT2D eigenvalue weighted by molar-refractivity contribution is 14.1. The van der Waals surface area contributed by atoms with E-state index in [-0.39, 0.29) is 9.26 Å². The number of hydrogen-bond donors (Lipinski definition) is 1. The third-order valence-corrected chi connectivity index (χ3v) is 2.31. The van der Waals surface area contributed by atoms with Crippen LogP contribution in [0.25, 0.3) is 0 Å². The molecule has 0 unspecified atom stereocenters. The predicted molar refractivity (Wildman–Crippen MR) is 50.2 cm³/mol. The average Bonchev–Trinajstić information content (AvgIpc) is 2.04. The molecule has 0 atom stereocenters. The van der Waals surface area contributed by atoms with Crippen LogP contribution in [0.5, 0.6) is 5.75 Å². The summed E-state index contributed by atoms with van der Waals surface area (Å²) in [4.78, 5) is 0. The third kappa shape index (κ3) is 2.63. The lowest BCUT2D eigenvalue weighted by Gasteiger charge is -2.11. The van der Waals surface area contributed by atoms with Gasteiger partial charge in [0.15, 0.2) is 5.82 Å². The minimum absolute atomic E-state index is 0.219. The van der Waals surface area contributed by atoms with Gasteiger partial charge in [0.2, 0.25) is 0 Å². The number of anilines is 1. The highest BCUT2D eigenvalue weighted by atomic mass is 127. The number of alkyl halides is 3. The molecule has 0 aliphatic rings. The molecule has 0 aromatic heterocycles. The van der Waals surface area contributed by atoms with Gasteiger partial charge in [-0.2, -0.15) is 0 Å². The van der Waals surface area contributed by atoms with Gasteiger partial charge in [0.05, 0.1) is 9.26 Å². The zero-order valence-corrected chi connectivity index (χ0v) is 8.69. The van der Waals surface area contributed by atoms with Gasteiger partial charge < -0.3 is 10.5 Å². The van der Waals surface area contributed by atoms with Gasteiger partial charge in [-0.1, -0.05) is 0 Å². The molecule has 7 heteroatoms. The zero-order chi connectivity index (χ0) is 10.9. The molecule has 0 saturated heterocycles. The van der Waals surface area contributed by atoms with E-state index < -0.39 is 17.9 Å². The van der Waals surface area contributed by atoms with Crippen molar-refractivity contribution in [2.45, 2.75) is 6.36 Å². The molecule has 0 amide bonds. The Morgan fingerprint density at radius 1 is 1.29 bits per heavy atom. The van der Waals surface area contributed by atoms with Crippen LogP contribution in [0.4, 0.5) is 23.2 Å². The molecule has 2 nitrogen and oxygen atoms in total. The van der Waals surface area contributed by atoms with Gasteiger partial charge in [-0.25, -0.2) is 4.39 Å². The Kier molecular flexibility index (Phi) is 3.07. The number of hydrogen-bond acceptors (Lipinski definition) is 2. The number of nitrogens with two attached hydrogens (primary N) is 1. The van der Waals surface area contributed by atoms with Crippen LogP contribution in [0.3, 0.4) is 0 Å². The van der Waals surface area contributed by atoms with Crippen molar-refractivity contribution < 1.29 is 22.3 Å². The van der Waals surface area contributed by atoms with Crippen LogP contribution in [0.1, 0.15) is 0 Å². The summed E-state index contributed by atoms with van der Waals surface area (Å²) in [6, 6.07) is 1.98. The number of rotatable bonds is 1. The third-order valence-electron chi connectivity index (χ3n) is 1.30. The molecule has 0 spiro atoms. The van der Waals surface area contributed by atoms with Gasteiger partial charge in [-0.15, -0.1) is 13.2 Å². The van der Waals surface area contributed by atoms with Crippen molar-refractivity contribution in [3.8, 4) is 5.75 Å². The van der Waals surface area contributed by atoms with Crippen molar-refractivity contribution >= 4 is 28.3 Å². The van der Waals surface area contributed by atoms with E-state index in [4.69, 9.17) is 5.73 Å². The molecule has 0 bridgehead atoms. The smallest absolute Gasteiger partial charge is 0.405 e. The number of halogens is 5. The Morgan fingerprint density at radius 3 is 2.36 bits per heavy atom. The first-order chi connectivity index (χ1) is 6.31. The molecule has 0 aliphatic carbocycles. The molecular weight excluding hydrogens is 317 g/mol. The van der Waals surface area contributed by atoms with Crippen molar-refractivity contribution in [2.24, 2.45) is 0 Å². The summed E-state index contributed by atoms with van der Waals surface area (Å²) in [5, 5.41) is 0. The van der Waals surface area contributed by atoms with Gasteiger partial charge in [-0.05, 0) is 34.7 Å². The van der Waals surface area contributed by atoms with E-state index in [1.54, 1.807) is 0 Å². The fourth-order valence-electron chi connectivity index (χ4n) is 0.750. The molecule has 0 saturated carbocycles. The van der Waals surface area contributed by atoms with E-state index in [1.807, 2.05) is 0 Å². The standard InChI is InChI=1S/C7H4F4INO/c8-5-3(13)1-2-4(6(5)12)14-7(9,10)11/h1-2H,13H2. The molecule has 0 fully saturated rings. The first kappa shape index (κ1) is 11.3. The average molecular weight is 321 g/mol. The van der Waals surface area contributed by atoms with Crippen molar-refractivity contribution in [2.75, 3.05) is 5.73 Å². The summed E-state index contributed by atoms with van der Waals surface area (Å²) in [7, 11) is 0. The van der Waals surface area contributed by atoms with Crippen LogP contribution < -0.4 is 10.5 Å². The van der Waals surface area contributed by atoms with Gasteiger partial charge in [-0.3, -0.25) is 0 Å². The number of ether oxygens (including phenoxy) is 1. The number of benzene rings is 1.